The smallest absolute Gasteiger partial charge is 0.325 e. The first-order chi connectivity index (χ1) is 12.6. The van der Waals surface area contributed by atoms with Crippen molar-refractivity contribution < 1.29 is 19.4 Å². The maximum Gasteiger partial charge on any atom is 0.325 e. The van der Waals surface area contributed by atoms with Gasteiger partial charge in [0.15, 0.2) is 0 Å². The third-order valence-electron chi connectivity index (χ3n) is 4.70. The van der Waals surface area contributed by atoms with E-state index in [-0.39, 0.29) is 0 Å². The Morgan fingerprint density at radius 1 is 1.12 bits per heavy atom. The zero-order chi connectivity index (χ0) is 18.5. The summed E-state index contributed by atoms with van der Waals surface area (Å²) in [7, 11) is 3.10. The second-order valence-electron chi connectivity index (χ2n) is 6.21. The molecule has 1 saturated heterocycles. The first-order valence-electron chi connectivity index (χ1n) is 8.56. The molecule has 1 fully saturated rings. The molecule has 0 saturated carbocycles. The highest BCUT2D eigenvalue weighted by Crippen LogP contribution is 2.37. The number of benzene rings is 1. The summed E-state index contributed by atoms with van der Waals surface area (Å²) in [6, 6.07) is 8.77. The van der Waals surface area contributed by atoms with Gasteiger partial charge >= 0.3 is 5.97 Å². The number of hydrogen-bond acceptors (Lipinski definition) is 6. The zero-order valence-electron chi connectivity index (χ0n) is 15.1. The molecule has 1 aromatic carbocycles. The molecule has 2 heterocycles. The minimum Gasteiger partial charge on any atom is -0.496 e. The maximum atomic E-state index is 12.1. The van der Waals surface area contributed by atoms with Crippen molar-refractivity contribution in [3.8, 4) is 11.5 Å². The summed E-state index contributed by atoms with van der Waals surface area (Å²) in [6.45, 7) is 3.95. The van der Waals surface area contributed by atoms with Crippen LogP contribution in [0.1, 0.15) is 16.5 Å². The van der Waals surface area contributed by atoms with E-state index in [2.05, 4.69) is 22.4 Å². The molecule has 1 N–H and O–H groups in total. The third kappa shape index (κ3) is 4.00. The predicted molar refractivity (Wildman–Crippen MR) is 101 cm³/mol. The molecule has 0 radical (unpaired) electrons. The van der Waals surface area contributed by atoms with E-state index in [0.717, 1.165) is 19.6 Å². The molecule has 0 unspecified atom stereocenters. The number of piperazine rings is 1. The first kappa shape index (κ1) is 18.7. The highest BCUT2D eigenvalue weighted by Gasteiger charge is 2.34. The molecule has 0 amide bonds. The van der Waals surface area contributed by atoms with Crippen LogP contribution in [-0.4, -0.2) is 61.3 Å². The van der Waals surface area contributed by atoms with Gasteiger partial charge in [-0.25, -0.2) is 0 Å². The Balaban J connectivity index is 1.77. The predicted octanol–water partition coefficient (Wildman–Crippen LogP) is 2.71. The van der Waals surface area contributed by atoms with Crippen LogP contribution >= 0.6 is 11.3 Å². The van der Waals surface area contributed by atoms with Gasteiger partial charge in [-0.1, -0.05) is 12.1 Å². The van der Waals surface area contributed by atoms with Crippen molar-refractivity contribution in [1.29, 1.82) is 0 Å². The van der Waals surface area contributed by atoms with Crippen molar-refractivity contribution >= 4 is 17.3 Å². The van der Waals surface area contributed by atoms with Gasteiger partial charge in [-0.2, -0.15) is 0 Å². The molecule has 1 atom stereocenters. The van der Waals surface area contributed by atoms with Crippen LogP contribution < -0.4 is 9.47 Å². The Morgan fingerprint density at radius 3 is 2.27 bits per heavy atom. The van der Waals surface area contributed by atoms with Gasteiger partial charge in [0.05, 0.1) is 19.8 Å². The van der Waals surface area contributed by atoms with E-state index in [4.69, 9.17) is 9.47 Å². The largest absolute Gasteiger partial charge is 0.496 e. The number of aliphatic carboxylic acids is 1. The average Bonchev–Trinajstić information content (AvgIpc) is 3.16. The van der Waals surface area contributed by atoms with Gasteiger partial charge < -0.3 is 14.6 Å². The Kier molecular flexibility index (Phi) is 6.13. The van der Waals surface area contributed by atoms with Crippen molar-refractivity contribution in [3.05, 3.63) is 46.2 Å². The molecule has 7 heteroatoms. The third-order valence-corrected chi connectivity index (χ3v) is 5.57. The van der Waals surface area contributed by atoms with E-state index in [9.17, 15) is 9.90 Å². The Bertz CT molecular complexity index is 705. The lowest BCUT2D eigenvalue weighted by Crippen LogP contribution is -2.48. The summed E-state index contributed by atoms with van der Waals surface area (Å²) >= 11 is 1.75. The maximum absolute atomic E-state index is 12.1. The van der Waals surface area contributed by atoms with E-state index in [0.29, 0.717) is 30.2 Å². The molecule has 1 aliphatic heterocycles. The minimum atomic E-state index is -0.889. The fourth-order valence-corrected chi connectivity index (χ4v) is 4.16. The van der Waals surface area contributed by atoms with Gasteiger partial charge in [0.25, 0.3) is 0 Å². The number of ether oxygens (including phenoxy) is 2. The summed E-state index contributed by atoms with van der Waals surface area (Å²) in [5.74, 6) is 0.190. The monoisotopic (exact) mass is 376 g/mol. The van der Waals surface area contributed by atoms with Crippen LogP contribution in [0.25, 0.3) is 0 Å². The van der Waals surface area contributed by atoms with Crippen LogP contribution in [0.3, 0.4) is 0 Å². The second-order valence-corrected chi connectivity index (χ2v) is 7.24. The molecule has 26 heavy (non-hydrogen) atoms. The van der Waals surface area contributed by atoms with Gasteiger partial charge in [0.2, 0.25) is 0 Å². The van der Waals surface area contributed by atoms with Gasteiger partial charge in [-0.15, -0.1) is 11.3 Å². The molecule has 0 bridgehead atoms. The number of methoxy groups -OCH3 is 2. The van der Waals surface area contributed by atoms with Crippen LogP contribution in [0.2, 0.25) is 0 Å². The number of carbonyl (C=O) groups is 1. The van der Waals surface area contributed by atoms with Crippen molar-refractivity contribution in [1.82, 2.24) is 9.80 Å². The van der Waals surface area contributed by atoms with E-state index in [1.807, 2.05) is 4.90 Å². The van der Waals surface area contributed by atoms with Crippen molar-refractivity contribution in [3.63, 3.8) is 0 Å². The molecule has 2 aromatic rings. The highest BCUT2D eigenvalue weighted by molar-refractivity contribution is 7.09. The van der Waals surface area contributed by atoms with Crippen LogP contribution in [0.15, 0.2) is 35.7 Å². The molecule has 3 rings (SSSR count). The number of carboxylic acid groups (broad SMARTS) is 1. The summed E-state index contributed by atoms with van der Waals surface area (Å²) in [5, 5.41) is 12.0. The average molecular weight is 376 g/mol. The van der Waals surface area contributed by atoms with Crippen LogP contribution in [0.5, 0.6) is 11.5 Å². The lowest BCUT2D eigenvalue weighted by molar-refractivity contribution is -0.144. The first-order valence-corrected chi connectivity index (χ1v) is 9.44. The van der Waals surface area contributed by atoms with Crippen LogP contribution in [0, 0.1) is 0 Å². The molecule has 140 valence electrons. The van der Waals surface area contributed by atoms with E-state index in [1.165, 1.54) is 4.88 Å². The lowest BCUT2D eigenvalue weighted by atomic mass is 10.0. The summed E-state index contributed by atoms with van der Waals surface area (Å²) in [4.78, 5) is 17.8. The van der Waals surface area contributed by atoms with Gasteiger partial charge in [-0.3, -0.25) is 14.6 Å². The minimum absolute atomic E-state index is 0.540. The fourth-order valence-electron chi connectivity index (χ4n) is 3.41. The van der Waals surface area contributed by atoms with E-state index < -0.39 is 12.0 Å². The lowest BCUT2D eigenvalue weighted by Gasteiger charge is -2.38. The number of carboxylic acids is 1. The molecule has 0 spiro atoms. The highest BCUT2D eigenvalue weighted by atomic mass is 32.1. The number of thiophene rings is 1. The fraction of sp³-hybridized carbons (Fsp3) is 0.421. The summed E-state index contributed by atoms with van der Waals surface area (Å²) in [6.07, 6.45) is 0. The number of rotatable bonds is 7. The molecular formula is C19H24N2O4S. The van der Waals surface area contributed by atoms with Gasteiger partial charge in [-0.05, 0) is 23.6 Å². The normalized spacial score (nSPS) is 17.0. The SMILES string of the molecule is COc1cccc(OC)c1[C@@H](C(=O)O)N1CCN(Cc2cccs2)CC1. The van der Waals surface area contributed by atoms with E-state index in [1.54, 1.807) is 43.8 Å². The Hall–Kier alpha value is -2.09. The molecule has 0 aliphatic carbocycles. The van der Waals surface area contributed by atoms with Gasteiger partial charge in [0.1, 0.15) is 17.5 Å². The second kappa shape index (κ2) is 8.53. The number of nitrogens with zero attached hydrogens (tertiary/aromatic N) is 2. The topological polar surface area (TPSA) is 62.2 Å². The zero-order valence-corrected chi connectivity index (χ0v) is 15.9. The van der Waals surface area contributed by atoms with Crippen molar-refractivity contribution in [2.24, 2.45) is 0 Å². The molecule has 1 aliphatic rings. The van der Waals surface area contributed by atoms with Gasteiger partial charge in [0, 0.05) is 37.6 Å². The Labute approximate surface area is 157 Å². The standard InChI is InChI=1S/C19H24N2O4S/c1-24-15-6-3-7-16(25-2)17(15)18(19(22)23)21-10-8-20(9-11-21)13-14-5-4-12-26-14/h3-7,12,18H,8-11,13H2,1-2H3,(H,22,23)/t18-/m0/s1. The molecule has 1 aromatic heterocycles. The summed E-state index contributed by atoms with van der Waals surface area (Å²) in [5.41, 5.74) is 0.580. The summed E-state index contributed by atoms with van der Waals surface area (Å²) < 4.78 is 10.8. The van der Waals surface area contributed by atoms with Crippen LogP contribution in [-0.2, 0) is 11.3 Å². The Morgan fingerprint density at radius 2 is 1.77 bits per heavy atom. The number of hydrogen-bond donors (Lipinski definition) is 1. The van der Waals surface area contributed by atoms with Crippen LogP contribution in [0.4, 0.5) is 0 Å². The molecular weight excluding hydrogens is 352 g/mol. The van der Waals surface area contributed by atoms with Crippen molar-refractivity contribution in [2.75, 3.05) is 40.4 Å². The molecule has 6 nitrogen and oxygen atoms in total. The quantitative estimate of drug-likeness (QED) is 0.802. The van der Waals surface area contributed by atoms with Crippen molar-refractivity contribution in [2.45, 2.75) is 12.6 Å². The van der Waals surface area contributed by atoms with E-state index >= 15 is 0 Å².